The number of rotatable bonds is 8. The predicted molar refractivity (Wildman–Crippen MR) is 86.5 cm³/mol. The molecule has 0 aliphatic carbocycles. The smallest absolute Gasteiger partial charge is 0.304 e. The number of carboxylic acids is 1. The highest BCUT2D eigenvalue weighted by molar-refractivity contribution is 7.99. The van der Waals surface area contributed by atoms with Crippen molar-refractivity contribution in [2.75, 3.05) is 18.1 Å². The zero-order valence-electron chi connectivity index (χ0n) is 11.0. The molecule has 0 bridgehead atoms. The average molecular weight is 313 g/mol. The highest BCUT2D eigenvalue weighted by Gasteiger charge is 2.15. The van der Waals surface area contributed by atoms with Gasteiger partial charge in [0.15, 0.2) is 0 Å². The number of thiol groups is 1. The van der Waals surface area contributed by atoms with Gasteiger partial charge in [-0.3, -0.25) is 10.2 Å². The van der Waals surface area contributed by atoms with Gasteiger partial charge in [0.2, 0.25) is 0 Å². The lowest BCUT2D eigenvalue weighted by Gasteiger charge is -2.28. The second-order valence-electron chi connectivity index (χ2n) is 4.08. The Bertz CT molecular complexity index is 441. The van der Waals surface area contributed by atoms with Crippen LogP contribution in [0.5, 0.6) is 0 Å². The van der Waals surface area contributed by atoms with Crippen molar-refractivity contribution in [3.05, 3.63) is 35.9 Å². The number of amidine groups is 1. The fourth-order valence-electron chi connectivity index (χ4n) is 1.56. The quantitative estimate of drug-likeness (QED) is 0.193. The molecule has 0 fully saturated rings. The predicted octanol–water partition coefficient (Wildman–Crippen LogP) is 1.69. The van der Waals surface area contributed by atoms with Gasteiger partial charge in [-0.1, -0.05) is 30.3 Å². The lowest BCUT2D eigenvalue weighted by Crippen LogP contribution is -2.43. The van der Waals surface area contributed by atoms with Gasteiger partial charge in [-0.05, 0) is 0 Å². The zero-order chi connectivity index (χ0) is 15.0. The molecule has 1 atom stereocenters. The maximum atomic E-state index is 10.4. The molecule has 5 nitrogen and oxygen atoms in total. The number of nitrogens with two attached hydrogens (primary N) is 1. The van der Waals surface area contributed by atoms with Gasteiger partial charge in [-0.25, -0.2) is 0 Å². The standard InChI is InChI=1S/C13H19N3O2S2/c14-12(10-4-2-1-3-5-10)16(13(15)19)7-9-20-8-6-11(17)18/h1-5,13-14,19H,6-9,15H2,(H,17,18). The van der Waals surface area contributed by atoms with E-state index < -0.39 is 11.5 Å². The minimum Gasteiger partial charge on any atom is -0.481 e. The third-order valence-corrected chi connectivity index (χ3v) is 3.83. The monoisotopic (exact) mass is 313 g/mol. The molecule has 0 saturated heterocycles. The molecule has 0 aliphatic heterocycles. The van der Waals surface area contributed by atoms with E-state index in [1.807, 2.05) is 30.3 Å². The first kappa shape index (κ1) is 16.9. The van der Waals surface area contributed by atoms with E-state index in [9.17, 15) is 4.79 Å². The molecule has 0 radical (unpaired) electrons. The topological polar surface area (TPSA) is 90.4 Å². The van der Waals surface area contributed by atoms with Gasteiger partial charge in [-0.2, -0.15) is 11.8 Å². The van der Waals surface area contributed by atoms with E-state index in [0.29, 0.717) is 23.9 Å². The van der Waals surface area contributed by atoms with Crippen molar-refractivity contribution < 1.29 is 9.90 Å². The molecule has 1 aromatic rings. The van der Waals surface area contributed by atoms with Gasteiger partial charge in [-0.15, -0.1) is 12.6 Å². The van der Waals surface area contributed by atoms with Crippen LogP contribution in [0.25, 0.3) is 0 Å². The molecule has 1 aromatic carbocycles. The maximum Gasteiger partial charge on any atom is 0.304 e. The van der Waals surface area contributed by atoms with E-state index in [4.69, 9.17) is 16.2 Å². The van der Waals surface area contributed by atoms with Crippen molar-refractivity contribution in [3.63, 3.8) is 0 Å². The Kier molecular flexibility index (Phi) is 7.50. The Morgan fingerprint density at radius 1 is 1.40 bits per heavy atom. The van der Waals surface area contributed by atoms with E-state index in [0.717, 1.165) is 5.56 Å². The summed E-state index contributed by atoms with van der Waals surface area (Å²) >= 11 is 5.73. The number of benzene rings is 1. The van der Waals surface area contributed by atoms with Crippen LogP contribution in [0.15, 0.2) is 30.3 Å². The summed E-state index contributed by atoms with van der Waals surface area (Å²) in [4.78, 5) is 12.1. The van der Waals surface area contributed by atoms with E-state index in [1.54, 1.807) is 4.90 Å². The molecule has 0 heterocycles. The SMILES string of the molecule is N=C(c1ccccc1)N(CCSCCC(=O)O)C(N)S. The molecule has 0 amide bonds. The Balaban J connectivity index is 2.48. The van der Waals surface area contributed by atoms with Crippen LogP contribution in [0.4, 0.5) is 0 Å². The first-order chi connectivity index (χ1) is 9.52. The van der Waals surface area contributed by atoms with Crippen molar-refractivity contribution in [1.82, 2.24) is 4.90 Å². The van der Waals surface area contributed by atoms with Crippen molar-refractivity contribution in [3.8, 4) is 0 Å². The number of aliphatic carboxylic acids is 1. The molecule has 0 aromatic heterocycles. The second-order valence-corrected chi connectivity index (χ2v) is 5.83. The van der Waals surface area contributed by atoms with Gasteiger partial charge in [0, 0.05) is 23.6 Å². The van der Waals surface area contributed by atoms with Crippen LogP contribution in [-0.4, -0.2) is 45.4 Å². The van der Waals surface area contributed by atoms with E-state index >= 15 is 0 Å². The molecular formula is C13H19N3O2S2. The lowest BCUT2D eigenvalue weighted by atomic mass is 10.2. The van der Waals surface area contributed by atoms with Crippen LogP contribution in [0.3, 0.4) is 0 Å². The summed E-state index contributed by atoms with van der Waals surface area (Å²) in [6, 6.07) is 9.33. The third-order valence-electron chi connectivity index (χ3n) is 2.59. The fourth-order valence-corrected chi connectivity index (χ4v) is 2.64. The lowest BCUT2D eigenvalue weighted by molar-refractivity contribution is -0.136. The Labute approximate surface area is 128 Å². The van der Waals surface area contributed by atoms with Crippen molar-refractivity contribution >= 4 is 36.2 Å². The zero-order valence-corrected chi connectivity index (χ0v) is 12.7. The summed E-state index contributed by atoms with van der Waals surface area (Å²) in [6.45, 7) is 0.558. The average Bonchev–Trinajstić information content (AvgIpc) is 2.42. The maximum absolute atomic E-state index is 10.4. The molecule has 0 saturated carbocycles. The third kappa shape index (κ3) is 5.85. The molecule has 20 heavy (non-hydrogen) atoms. The normalized spacial score (nSPS) is 11.9. The minimum atomic E-state index is -0.794. The van der Waals surface area contributed by atoms with Gasteiger partial charge >= 0.3 is 5.97 Å². The molecule has 1 unspecified atom stereocenters. The van der Waals surface area contributed by atoms with Crippen LogP contribution < -0.4 is 5.73 Å². The molecule has 110 valence electrons. The summed E-state index contributed by atoms with van der Waals surface area (Å²) in [6.07, 6.45) is 0.147. The molecule has 1 rings (SSSR count). The van der Waals surface area contributed by atoms with Crippen LogP contribution in [0, 0.1) is 5.41 Å². The minimum absolute atomic E-state index is 0.147. The van der Waals surface area contributed by atoms with Gasteiger partial charge < -0.3 is 15.7 Å². The van der Waals surface area contributed by atoms with Gasteiger partial charge in [0.1, 0.15) is 11.3 Å². The summed E-state index contributed by atoms with van der Waals surface area (Å²) in [5, 5.41) is 16.7. The molecular weight excluding hydrogens is 294 g/mol. The summed E-state index contributed by atoms with van der Waals surface area (Å²) in [7, 11) is 0. The molecule has 4 N–H and O–H groups in total. The fraction of sp³-hybridized carbons (Fsp3) is 0.385. The summed E-state index contributed by atoms with van der Waals surface area (Å²) in [5.41, 5.74) is 6.02. The largest absolute Gasteiger partial charge is 0.481 e. The van der Waals surface area contributed by atoms with Crippen LogP contribution in [-0.2, 0) is 4.79 Å². The first-order valence-electron chi connectivity index (χ1n) is 6.16. The second kappa shape index (κ2) is 8.89. The first-order valence-corrected chi connectivity index (χ1v) is 7.83. The molecule has 0 spiro atoms. The van der Waals surface area contributed by atoms with E-state index in [2.05, 4.69) is 12.6 Å². The number of thioether (sulfide) groups is 1. The van der Waals surface area contributed by atoms with Crippen molar-refractivity contribution in [2.24, 2.45) is 5.73 Å². The highest BCUT2D eigenvalue weighted by atomic mass is 32.2. The van der Waals surface area contributed by atoms with Crippen LogP contribution in [0.1, 0.15) is 12.0 Å². The summed E-state index contributed by atoms with van der Waals surface area (Å²) in [5.74, 6) is 0.796. The number of nitrogens with zero attached hydrogens (tertiary/aromatic N) is 1. The number of carbonyl (C=O) groups is 1. The Morgan fingerprint density at radius 3 is 2.60 bits per heavy atom. The summed E-state index contributed by atoms with van der Waals surface area (Å²) < 4.78 is 0. The molecule has 0 aliphatic rings. The van der Waals surface area contributed by atoms with E-state index in [1.165, 1.54) is 11.8 Å². The van der Waals surface area contributed by atoms with Crippen LogP contribution >= 0.6 is 24.4 Å². The Hall–Kier alpha value is -1.18. The van der Waals surface area contributed by atoms with E-state index in [-0.39, 0.29) is 6.42 Å². The van der Waals surface area contributed by atoms with Crippen molar-refractivity contribution in [1.29, 1.82) is 5.41 Å². The van der Waals surface area contributed by atoms with Gasteiger partial charge in [0.05, 0.1) is 6.42 Å². The number of carboxylic acid groups (broad SMARTS) is 1. The number of nitrogens with one attached hydrogen (secondary N) is 1. The van der Waals surface area contributed by atoms with Gasteiger partial charge in [0.25, 0.3) is 0 Å². The van der Waals surface area contributed by atoms with Crippen LogP contribution in [0.2, 0.25) is 0 Å². The highest BCUT2D eigenvalue weighted by Crippen LogP contribution is 2.10. The number of hydrogen-bond acceptors (Lipinski definition) is 5. The number of hydrogen-bond donors (Lipinski definition) is 4. The van der Waals surface area contributed by atoms with Crippen molar-refractivity contribution in [2.45, 2.75) is 11.9 Å². The Morgan fingerprint density at radius 2 is 2.05 bits per heavy atom. The molecule has 7 heteroatoms.